The van der Waals surface area contributed by atoms with Crippen molar-refractivity contribution in [2.75, 3.05) is 22.5 Å². The van der Waals surface area contributed by atoms with Crippen LogP contribution in [-0.4, -0.2) is 24.3 Å². The van der Waals surface area contributed by atoms with Gasteiger partial charge in [0.1, 0.15) is 0 Å². The van der Waals surface area contributed by atoms with E-state index in [0.29, 0.717) is 5.69 Å². The molecule has 2 aromatic carbocycles. The molecule has 5 N–H and O–H groups in total. The molecule has 0 spiro atoms. The fraction of sp³-hybridized carbons (Fsp3) is 0.250. The van der Waals surface area contributed by atoms with E-state index in [1.54, 1.807) is 24.3 Å². The van der Waals surface area contributed by atoms with Crippen molar-refractivity contribution < 1.29 is 14.4 Å². The molecule has 7 nitrogen and oxygen atoms in total. The van der Waals surface area contributed by atoms with Crippen molar-refractivity contribution in [3.05, 3.63) is 53.6 Å². The molecule has 0 aromatic heterocycles. The Morgan fingerprint density at radius 3 is 2.33 bits per heavy atom. The minimum atomic E-state index is -0.603. The van der Waals surface area contributed by atoms with Gasteiger partial charge in [0.2, 0.25) is 11.8 Å². The predicted octanol–water partition coefficient (Wildman–Crippen LogP) is 2.49. The van der Waals surface area contributed by atoms with E-state index in [-0.39, 0.29) is 29.8 Å². The van der Waals surface area contributed by atoms with Gasteiger partial charge in [-0.05, 0) is 49.6 Å². The summed E-state index contributed by atoms with van der Waals surface area (Å²) in [5.41, 5.74) is 8.29. The van der Waals surface area contributed by atoms with Crippen molar-refractivity contribution in [1.82, 2.24) is 0 Å². The summed E-state index contributed by atoms with van der Waals surface area (Å²) in [6, 6.07) is 12.1. The Labute approximate surface area is 157 Å². The number of benzene rings is 2. The van der Waals surface area contributed by atoms with Crippen LogP contribution in [0.15, 0.2) is 42.5 Å². The van der Waals surface area contributed by atoms with E-state index in [1.165, 1.54) is 0 Å². The van der Waals surface area contributed by atoms with E-state index in [4.69, 9.17) is 5.73 Å². The monoisotopic (exact) mass is 366 g/mol. The van der Waals surface area contributed by atoms with Crippen LogP contribution in [0.4, 0.5) is 17.1 Å². The molecule has 1 aliphatic rings. The molecular formula is C20H22N4O3. The van der Waals surface area contributed by atoms with Gasteiger partial charge < -0.3 is 21.7 Å². The summed E-state index contributed by atoms with van der Waals surface area (Å²) in [5, 5.41) is 8.67. The molecule has 0 aliphatic heterocycles. The van der Waals surface area contributed by atoms with E-state index >= 15 is 0 Å². The Morgan fingerprint density at radius 1 is 0.963 bits per heavy atom. The van der Waals surface area contributed by atoms with Crippen molar-refractivity contribution in [3.8, 4) is 0 Å². The SMILES string of the molecule is Cc1c(NCC(=O)Nc2ccccc2C(N)=O)cccc1NC(=O)C1CC1. The lowest BCUT2D eigenvalue weighted by atomic mass is 10.1. The normalized spacial score (nSPS) is 12.9. The number of hydrogen-bond acceptors (Lipinski definition) is 4. The molecule has 0 radical (unpaired) electrons. The Hall–Kier alpha value is -3.35. The molecule has 7 heteroatoms. The molecule has 0 heterocycles. The van der Waals surface area contributed by atoms with Crippen molar-refractivity contribution in [3.63, 3.8) is 0 Å². The molecular weight excluding hydrogens is 344 g/mol. The molecule has 3 rings (SSSR count). The average molecular weight is 366 g/mol. The largest absolute Gasteiger partial charge is 0.376 e. The number of anilines is 3. The van der Waals surface area contributed by atoms with Gasteiger partial charge in [0, 0.05) is 17.3 Å². The van der Waals surface area contributed by atoms with E-state index in [9.17, 15) is 14.4 Å². The highest BCUT2D eigenvalue weighted by molar-refractivity contribution is 6.04. The zero-order valence-corrected chi connectivity index (χ0v) is 15.0. The Morgan fingerprint density at radius 2 is 1.63 bits per heavy atom. The first-order valence-corrected chi connectivity index (χ1v) is 8.78. The van der Waals surface area contributed by atoms with Gasteiger partial charge in [-0.2, -0.15) is 0 Å². The van der Waals surface area contributed by atoms with Crippen LogP contribution in [0.2, 0.25) is 0 Å². The standard InChI is InChI=1S/C20H22N4O3/c1-12-15(7-4-8-16(12)24-20(27)13-9-10-13)22-11-18(25)23-17-6-3-2-5-14(17)19(21)26/h2-8,13,22H,9-11H2,1H3,(H2,21,26)(H,23,25)(H,24,27). The number of nitrogens with two attached hydrogens (primary N) is 1. The molecule has 0 bridgehead atoms. The summed E-state index contributed by atoms with van der Waals surface area (Å²) < 4.78 is 0. The number of carbonyl (C=O) groups excluding carboxylic acids is 3. The lowest BCUT2D eigenvalue weighted by Gasteiger charge is -2.14. The third-order valence-corrected chi connectivity index (χ3v) is 4.45. The van der Waals surface area contributed by atoms with E-state index < -0.39 is 5.91 Å². The van der Waals surface area contributed by atoms with Gasteiger partial charge in [-0.1, -0.05) is 18.2 Å². The number of para-hydroxylation sites is 1. The lowest BCUT2D eigenvalue weighted by molar-refractivity contribution is -0.117. The Bertz CT molecular complexity index is 891. The second kappa shape index (κ2) is 7.90. The van der Waals surface area contributed by atoms with Gasteiger partial charge in [-0.25, -0.2) is 0 Å². The number of rotatable bonds is 7. The van der Waals surface area contributed by atoms with Gasteiger partial charge >= 0.3 is 0 Å². The highest BCUT2D eigenvalue weighted by atomic mass is 16.2. The maximum absolute atomic E-state index is 12.2. The van der Waals surface area contributed by atoms with Gasteiger partial charge in [-0.15, -0.1) is 0 Å². The highest BCUT2D eigenvalue weighted by Gasteiger charge is 2.29. The minimum absolute atomic E-state index is 0.00790. The summed E-state index contributed by atoms with van der Waals surface area (Å²) in [6.45, 7) is 1.89. The zero-order valence-electron chi connectivity index (χ0n) is 15.0. The maximum atomic E-state index is 12.2. The smallest absolute Gasteiger partial charge is 0.250 e. The molecule has 140 valence electrons. The van der Waals surface area contributed by atoms with Crippen LogP contribution in [0, 0.1) is 12.8 Å². The molecule has 3 amide bonds. The van der Waals surface area contributed by atoms with E-state index in [1.807, 2.05) is 25.1 Å². The van der Waals surface area contributed by atoms with E-state index in [2.05, 4.69) is 16.0 Å². The first-order chi connectivity index (χ1) is 13.0. The lowest BCUT2D eigenvalue weighted by Crippen LogP contribution is -2.24. The second-order valence-electron chi connectivity index (χ2n) is 6.55. The summed E-state index contributed by atoms with van der Waals surface area (Å²) in [4.78, 5) is 35.6. The number of carbonyl (C=O) groups is 3. The Kier molecular flexibility index (Phi) is 5.40. The minimum Gasteiger partial charge on any atom is -0.376 e. The van der Waals surface area contributed by atoms with Crippen molar-refractivity contribution in [2.24, 2.45) is 11.7 Å². The molecule has 1 aliphatic carbocycles. The third kappa shape index (κ3) is 4.63. The van der Waals surface area contributed by atoms with Crippen LogP contribution in [-0.2, 0) is 9.59 Å². The topological polar surface area (TPSA) is 113 Å². The van der Waals surface area contributed by atoms with Gasteiger partial charge in [0.25, 0.3) is 5.91 Å². The summed E-state index contributed by atoms with van der Waals surface area (Å²) in [7, 11) is 0. The Balaban J connectivity index is 1.62. The maximum Gasteiger partial charge on any atom is 0.250 e. The highest BCUT2D eigenvalue weighted by Crippen LogP contribution is 2.31. The fourth-order valence-electron chi connectivity index (χ4n) is 2.72. The molecule has 2 aromatic rings. The zero-order chi connectivity index (χ0) is 19.4. The van der Waals surface area contributed by atoms with E-state index in [0.717, 1.165) is 29.8 Å². The summed E-state index contributed by atoms with van der Waals surface area (Å²) >= 11 is 0. The van der Waals surface area contributed by atoms with Gasteiger partial charge in [0.15, 0.2) is 0 Å². The van der Waals surface area contributed by atoms with Crippen LogP contribution in [0.25, 0.3) is 0 Å². The third-order valence-electron chi connectivity index (χ3n) is 4.45. The quantitative estimate of drug-likeness (QED) is 0.603. The van der Waals surface area contributed by atoms with Crippen LogP contribution in [0.1, 0.15) is 28.8 Å². The van der Waals surface area contributed by atoms with Gasteiger partial charge in [-0.3, -0.25) is 14.4 Å². The summed E-state index contributed by atoms with van der Waals surface area (Å²) in [5.74, 6) is -0.752. The molecule has 0 unspecified atom stereocenters. The average Bonchev–Trinajstić information content (AvgIpc) is 3.48. The summed E-state index contributed by atoms with van der Waals surface area (Å²) in [6.07, 6.45) is 1.88. The van der Waals surface area contributed by atoms with Crippen molar-refractivity contribution >= 4 is 34.8 Å². The number of amides is 3. The first-order valence-electron chi connectivity index (χ1n) is 8.78. The molecule has 1 fully saturated rings. The van der Waals surface area contributed by atoms with Crippen LogP contribution >= 0.6 is 0 Å². The molecule has 0 saturated heterocycles. The molecule has 27 heavy (non-hydrogen) atoms. The van der Waals surface area contributed by atoms with Crippen molar-refractivity contribution in [1.29, 1.82) is 0 Å². The van der Waals surface area contributed by atoms with Gasteiger partial charge in [0.05, 0.1) is 17.8 Å². The van der Waals surface area contributed by atoms with Crippen molar-refractivity contribution in [2.45, 2.75) is 19.8 Å². The van der Waals surface area contributed by atoms with Crippen LogP contribution < -0.4 is 21.7 Å². The fourth-order valence-corrected chi connectivity index (χ4v) is 2.72. The van der Waals surface area contributed by atoms with Crippen LogP contribution in [0.3, 0.4) is 0 Å². The molecule has 1 saturated carbocycles. The second-order valence-corrected chi connectivity index (χ2v) is 6.55. The number of hydrogen-bond donors (Lipinski definition) is 4. The number of nitrogens with one attached hydrogen (secondary N) is 3. The first kappa shape index (κ1) is 18.4. The predicted molar refractivity (Wildman–Crippen MR) is 105 cm³/mol. The van der Waals surface area contributed by atoms with Crippen LogP contribution in [0.5, 0.6) is 0 Å². The molecule has 0 atom stereocenters. The number of primary amides is 1.